The van der Waals surface area contributed by atoms with Gasteiger partial charge in [0, 0.05) is 11.1 Å². The van der Waals surface area contributed by atoms with Crippen LogP contribution in [-0.2, 0) is 10.8 Å². The van der Waals surface area contributed by atoms with E-state index in [0.29, 0.717) is 0 Å². The average Bonchev–Trinajstić information content (AvgIpc) is 3.51. The van der Waals surface area contributed by atoms with Crippen molar-refractivity contribution < 1.29 is 4.74 Å². The topological polar surface area (TPSA) is 9.23 Å². The maximum Gasteiger partial charge on any atom is 0.132 e. The summed E-state index contributed by atoms with van der Waals surface area (Å²) in [6.07, 6.45) is 0. The minimum absolute atomic E-state index is 0.420. The SMILES string of the molecule is c1ccc(C2(c3ccccc3)c3ccccc3Oc3ccc(-c4ccc5c(c4)-c4ccccc4C5(c4ccccc4)c4ccccc4)cc32)cc1. The van der Waals surface area contributed by atoms with Crippen molar-refractivity contribution in [3.63, 3.8) is 0 Å². The van der Waals surface area contributed by atoms with E-state index in [1.165, 1.54) is 50.1 Å². The molecule has 0 atom stereocenters. The Morgan fingerprint density at radius 1 is 0.275 bits per heavy atom. The number of hydrogen-bond acceptors (Lipinski definition) is 1. The summed E-state index contributed by atoms with van der Waals surface area (Å²) in [6.45, 7) is 0. The Balaban J connectivity index is 1.22. The highest BCUT2D eigenvalue weighted by atomic mass is 16.5. The lowest BCUT2D eigenvalue weighted by molar-refractivity contribution is 0.434. The van der Waals surface area contributed by atoms with Crippen LogP contribution in [0.2, 0.25) is 0 Å². The third kappa shape index (κ3) is 4.22. The quantitative estimate of drug-likeness (QED) is 0.180. The molecule has 0 radical (unpaired) electrons. The Labute approximate surface area is 299 Å². The predicted molar refractivity (Wildman–Crippen MR) is 208 cm³/mol. The molecule has 0 fully saturated rings. The van der Waals surface area contributed by atoms with E-state index in [-0.39, 0.29) is 0 Å². The predicted octanol–water partition coefficient (Wildman–Crippen LogP) is 12.2. The molecule has 1 heteroatoms. The molecule has 0 saturated carbocycles. The van der Waals surface area contributed by atoms with Gasteiger partial charge in [0.25, 0.3) is 0 Å². The smallest absolute Gasteiger partial charge is 0.132 e. The molecule has 0 N–H and O–H groups in total. The number of ether oxygens (including phenoxy) is 1. The molecular weight excluding hydrogens is 617 g/mol. The van der Waals surface area contributed by atoms with Gasteiger partial charge in [0.15, 0.2) is 0 Å². The Morgan fingerprint density at radius 3 is 1.27 bits per heavy atom. The highest BCUT2D eigenvalue weighted by Crippen LogP contribution is 2.58. The maximum absolute atomic E-state index is 6.71. The molecule has 1 aliphatic heterocycles. The third-order valence-electron chi connectivity index (χ3n) is 11.1. The van der Waals surface area contributed by atoms with E-state index >= 15 is 0 Å². The summed E-state index contributed by atoms with van der Waals surface area (Å²) in [7, 11) is 0. The monoisotopic (exact) mass is 650 g/mol. The van der Waals surface area contributed by atoms with Gasteiger partial charge in [0.2, 0.25) is 0 Å². The van der Waals surface area contributed by atoms with E-state index < -0.39 is 10.8 Å². The zero-order valence-corrected chi connectivity index (χ0v) is 28.0. The van der Waals surface area contributed by atoms with Crippen LogP contribution in [-0.4, -0.2) is 0 Å². The summed E-state index contributed by atoms with van der Waals surface area (Å²) in [5.41, 5.74) is 13.8. The Bertz CT molecular complexity index is 2460. The molecule has 8 aromatic rings. The van der Waals surface area contributed by atoms with Crippen molar-refractivity contribution in [2.45, 2.75) is 10.8 Å². The van der Waals surface area contributed by atoms with Gasteiger partial charge in [-0.15, -0.1) is 0 Å². The van der Waals surface area contributed by atoms with E-state index in [1.807, 2.05) is 0 Å². The summed E-state index contributed by atoms with van der Waals surface area (Å²) >= 11 is 0. The maximum atomic E-state index is 6.71. The zero-order valence-electron chi connectivity index (χ0n) is 28.0. The first-order valence-corrected chi connectivity index (χ1v) is 17.7. The molecule has 0 aromatic heterocycles. The first kappa shape index (κ1) is 29.5. The lowest BCUT2D eigenvalue weighted by Gasteiger charge is -2.41. The first-order valence-electron chi connectivity index (χ1n) is 17.7. The van der Waals surface area contributed by atoms with E-state index in [1.54, 1.807) is 0 Å². The van der Waals surface area contributed by atoms with Crippen LogP contribution in [0.1, 0.15) is 44.5 Å². The molecule has 0 amide bonds. The van der Waals surface area contributed by atoms with Crippen LogP contribution in [0.15, 0.2) is 206 Å². The molecule has 0 spiro atoms. The van der Waals surface area contributed by atoms with Crippen molar-refractivity contribution >= 4 is 0 Å². The van der Waals surface area contributed by atoms with Crippen LogP contribution >= 0.6 is 0 Å². The van der Waals surface area contributed by atoms with Crippen LogP contribution in [0, 0.1) is 0 Å². The zero-order chi connectivity index (χ0) is 33.8. The van der Waals surface area contributed by atoms with Crippen LogP contribution < -0.4 is 4.74 Å². The van der Waals surface area contributed by atoms with E-state index in [9.17, 15) is 0 Å². The lowest BCUT2D eigenvalue weighted by atomic mass is 9.63. The molecule has 1 nitrogen and oxygen atoms in total. The minimum atomic E-state index is -0.568. The Morgan fingerprint density at radius 2 is 0.686 bits per heavy atom. The number of fused-ring (bicyclic) bond motifs is 5. The molecule has 2 aliphatic rings. The van der Waals surface area contributed by atoms with Gasteiger partial charge >= 0.3 is 0 Å². The van der Waals surface area contributed by atoms with E-state index in [2.05, 4.69) is 206 Å². The van der Waals surface area contributed by atoms with Gasteiger partial charge in [0.05, 0.1) is 10.8 Å². The number of hydrogen-bond donors (Lipinski definition) is 0. The fourth-order valence-electron chi connectivity index (χ4n) is 9.01. The highest BCUT2D eigenvalue weighted by molar-refractivity contribution is 5.89. The normalized spacial score (nSPS) is 14.4. The summed E-state index contributed by atoms with van der Waals surface area (Å²) in [6, 6.07) is 75.1. The standard InChI is InChI=1S/C50H34O/c1-5-17-37(18-6-1)49(38-19-7-2-8-20-38)43-26-14-13-25-41(43)42-33-35(29-31-44(42)49)36-30-32-48-46(34-36)50(39-21-9-3-10-22-39,40-23-11-4-12-24-40)45-27-15-16-28-47(45)51-48/h1-34H. The van der Waals surface area contributed by atoms with Crippen molar-refractivity contribution in [3.8, 4) is 33.8 Å². The summed E-state index contributed by atoms with van der Waals surface area (Å²) in [5, 5.41) is 0. The van der Waals surface area contributed by atoms with Gasteiger partial charge in [-0.25, -0.2) is 0 Å². The summed E-state index contributed by atoms with van der Waals surface area (Å²) < 4.78 is 6.71. The van der Waals surface area contributed by atoms with Crippen LogP contribution in [0.5, 0.6) is 11.5 Å². The van der Waals surface area contributed by atoms with Crippen LogP contribution in [0.3, 0.4) is 0 Å². The number of rotatable bonds is 5. The highest BCUT2D eigenvalue weighted by Gasteiger charge is 2.47. The fraction of sp³-hybridized carbons (Fsp3) is 0.0400. The molecule has 10 rings (SSSR count). The van der Waals surface area contributed by atoms with Gasteiger partial charge in [-0.05, 0) is 79.9 Å². The number of para-hydroxylation sites is 1. The van der Waals surface area contributed by atoms with E-state index in [4.69, 9.17) is 4.74 Å². The molecule has 1 heterocycles. The minimum Gasteiger partial charge on any atom is -0.457 e. The Kier molecular flexibility index (Phi) is 6.69. The second-order valence-corrected chi connectivity index (χ2v) is 13.6. The molecule has 1 aliphatic carbocycles. The molecule has 0 bridgehead atoms. The molecule has 51 heavy (non-hydrogen) atoms. The molecule has 0 saturated heterocycles. The molecule has 0 unspecified atom stereocenters. The average molecular weight is 651 g/mol. The Hall–Kier alpha value is -6.44. The third-order valence-corrected chi connectivity index (χ3v) is 11.1. The van der Waals surface area contributed by atoms with Gasteiger partial charge in [-0.2, -0.15) is 0 Å². The van der Waals surface area contributed by atoms with Crippen molar-refractivity contribution in [2.24, 2.45) is 0 Å². The van der Waals surface area contributed by atoms with Gasteiger partial charge in [0.1, 0.15) is 11.5 Å². The second kappa shape index (κ2) is 11.6. The van der Waals surface area contributed by atoms with E-state index in [0.717, 1.165) is 28.2 Å². The van der Waals surface area contributed by atoms with Gasteiger partial charge < -0.3 is 4.74 Å². The summed E-state index contributed by atoms with van der Waals surface area (Å²) in [5.74, 6) is 1.77. The first-order chi connectivity index (χ1) is 25.3. The second-order valence-electron chi connectivity index (χ2n) is 13.6. The van der Waals surface area contributed by atoms with Crippen molar-refractivity contribution in [2.75, 3.05) is 0 Å². The van der Waals surface area contributed by atoms with Crippen LogP contribution in [0.25, 0.3) is 22.3 Å². The van der Waals surface area contributed by atoms with Crippen molar-refractivity contribution in [3.05, 3.63) is 251 Å². The fourth-order valence-corrected chi connectivity index (χ4v) is 9.01. The number of benzene rings is 8. The molecule has 240 valence electrons. The van der Waals surface area contributed by atoms with Crippen molar-refractivity contribution in [1.82, 2.24) is 0 Å². The van der Waals surface area contributed by atoms with Gasteiger partial charge in [-0.3, -0.25) is 0 Å². The van der Waals surface area contributed by atoms with Crippen LogP contribution in [0.4, 0.5) is 0 Å². The summed E-state index contributed by atoms with van der Waals surface area (Å²) in [4.78, 5) is 0. The van der Waals surface area contributed by atoms with Crippen molar-refractivity contribution in [1.29, 1.82) is 0 Å². The molecule has 8 aromatic carbocycles. The largest absolute Gasteiger partial charge is 0.457 e. The van der Waals surface area contributed by atoms with Gasteiger partial charge in [-0.1, -0.05) is 182 Å². The lowest BCUT2D eigenvalue weighted by Crippen LogP contribution is -2.34. The molecular formula is C50H34O.